The Kier molecular flexibility index (Phi) is 9.56. The second-order valence-electron chi connectivity index (χ2n) is 9.46. The van der Waals surface area contributed by atoms with Gasteiger partial charge in [-0.15, -0.1) is 0 Å². The lowest BCUT2D eigenvalue weighted by molar-refractivity contribution is -0.137. The molecule has 0 spiro atoms. The van der Waals surface area contributed by atoms with Crippen molar-refractivity contribution in [1.82, 2.24) is 20.0 Å². The molecule has 0 saturated carbocycles. The van der Waals surface area contributed by atoms with Gasteiger partial charge in [0.15, 0.2) is 0 Å². The number of amides is 2. The summed E-state index contributed by atoms with van der Waals surface area (Å²) >= 11 is 0. The lowest BCUT2D eigenvalue weighted by Crippen LogP contribution is -2.58. The van der Waals surface area contributed by atoms with Crippen LogP contribution in [0.1, 0.15) is 48.0 Å². The number of carbonyl (C=O) groups is 2. The number of nitrogens with zero attached hydrogens (tertiary/aromatic N) is 2. The lowest BCUT2D eigenvalue weighted by atomic mass is 9.92. The fourth-order valence-corrected chi connectivity index (χ4v) is 7.11. The van der Waals surface area contributed by atoms with E-state index in [1.54, 1.807) is 12.6 Å². The highest BCUT2D eigenvalue weighted by Gasteiger charge is 2.50. The normalized spacial score (nSPS) is 19.9. The molecule has 3 N–H and O–H groups in total. The second kappa shape index (κ2) is 12.1. The van der Waals surface area contributed by atoms with E-state index in [1.807, 2.05) is 0 Å². The van der Waals surface area contributed by atoms with Crippen molar-refractivity contribution in [3.63, 3.8) is 0 Å². The third-order valence-corrected chi connectivity index (χ3v) is 9.83. The summed E-state index contributed by atoms with van der Waals surface area (Å²) in [6, 6.07) is 3.53. The zero-order valence-electron chi connectivity index (χ0n) is 20.6. The Morgan fingerprint density at radius 3 is 2.22 bits per heavy atom. The molecular formula is C23H33F3N4O6S. The SMILES string of the molecule is COCCN1CCC(CC(=O)NO)(S(=O)(=O)N2CCC(NC(=O)c3ccc(C(F)(F)F)cc3)CC2)CC1. The van der Waals surface area contributed by atoms with Crippen molar-refractivity contribution >= 4 is 21.8 Å². The number of ether oxygens (including phenoxy) is 1. The van der Waals surface area contributed by atoms with E-state index in [0.717, 1.165) is 24.3 Å². The number of methoxy groups -OCH3 is 1. The average molecular weight is 551 g/mol. The van der Waals surface area contributed by atoms with Crippen LogP contribution >= 0.6 is 0 Å². The van der Waals surface area contributed by atoms with Crippen molar-refractivity contribution in [3.8, 4) is 0 Å². The van der Waals surface area contributed by atoms with Gasteiger partial charge >= 0.3 is 6.18 Å². The molecule has 2 amide bonds. The van der Waals surface area contributed by atoms with Crippen LogP contribution in [0.25, 0.3) is 0 Å². The largest absolute Gasteiger partial charge is 0.416 e. The van der Waals surface area contributed by atoms with Crippen molar-refractivity contribution in [2.24, 2.45) is 0 Å². The minimum absolute atomic E-state index is 0.0808. The smallest absolute Gasteiger partial charge is 0.383 e. The molecule has 1 aromatic carbocycles. The molecule has 37 heavy (non-hydrogen) atoms. The molecule has 0 aliphatic carbocycles. The molecule has 0 aromatic heterocycles. The first-order chi connectivity index (χ1) is 17.4. The Morgan fingerprint density at radius 1 is 1.11 bits per heavy atom. The van der Waals surface area contributed by atoms with Gasteiger partial charge in [-0.25, -0.2) is 18.2 Å². The number of piperidine rings is 2. The van der Waals surface area contributed by atoms with E-state index in [4.69, 9.17) is 9.94 Å². The number of benzene rings is 1. The number of nitrogens with one attached hydrogen (secondary N) is 2. The van der Waals surface area contributed by atoms with Crippen LogP contribution in [0.4, 0.5) is 13.2 Å². The van der Waals surface area contributed by atoms with Gasteiger partial charge in [-0.05, 0) is 63.0 Å². The number of halogens is 3. The van der Waals surface area contributed by atoms with E-state index < -0.39 is 38.3 Å². The minimum Gasteiger partial charge on any atom is -0.383 e. The Hall–Kier alpha value is -2.26. The molecule has 0 radical (unpaired) electrons. The molecule has 0 atom stereocenters. The molecule has 0 unspecified atom stereocenters. The third kappa shape index (κ3) is 6.99. The van der Waals surface area contributed by atoms with Gasteiger partial charge in [-0.1, -0.05) is 0 Å². The predicted octanol–water partition coefficient (Wildman–Crippen LogP) is 1.61. The van der Waals surface area contributed by atoms with Gasteiger partial charge in [0.25, 0.3) is 5.91 Å². The Balaban J connectivity index is 1.63. The maximum absolute atomic E-state index is 13.7. The van der Waals surface area contributed by atoms with Gasteiger partial charge in [0.2, 0.25) is 15.9 Å². The van der Waals surface area contributed by atoms with E-state index >= 15 is 0 Å². The average Bonchev–Trinajstić information content (AvgIpc) is 2.88. The van der Waals surface area contributed by atoms with Gasteiger partial charge in [0.1, 0.15) is 0 Å². The topological polar surface area (TPSA) is 128 Å². The third-order valence-electron chi connectivity index (χ3n) is 7.14. The molecule has 10 nitrogen and oxygen atoms in total. The van der Waals surface area contributed by atoms with E-state index in [-0.39, 0.29) is 44.0 Å². The highest BCUT2D eigenvalue weighted by atomic mass is 32.2. The van der Waals surface area contributed by atoms with Crippen LogP contribution in [0, 0.1) is 0 Å². The summed E-state index contributed by atoms with van der Waals surface area (Å²) in [5.74, 6) is -1.30. The molecule has 2 fully saturated rings. The molecule has 208 valence electrons. The van der Waals surface area contributed by atoms with Crippen LogP contribution < -0.4 is 10.8 Å². The van der Waals surface area contributed by atoms with Crippen molar-refractivity contribution in [3.05, 3.63) is 35.4 Å². The molecule has 2 aliphatic rings. The fourth-order valence-electron chi connectivity index (χ4n) is 4.86. The zero-order valence-corrected chi connectivity index (χ0v) is 21.4. The second-order valence-corrected chi connectivity index (χ2v) is 11.8. The van der Waals surface area contributed by atoms with Crippen LogP contribution in [0.2, 0.25) is 0 Å². The summed E-state index contributed by atoms with van der Waals surface area (Å²) in [6.45, 7) is 2.31. The van der Waals surface area contributed by atoms with Crippen molar-refractivity contribution in [2.45, 2.75) is 49.1 Å². The summed E-state index contributed by atoms with van der Waals surface area (Å²) in [7, 11) is -2.35. The number of hydrogen-bond acceptors (Lipinski definition) is 7. The molecule has 1 aromatic rings. The Morgan fingerprint density at radius 2 is 1.70 bits per heavy atom. The maximum Gasteiger partial charge on any atom is 0.416 e. The summed E-state index contributed by atoms with van der Waals surface area (Å²) in [5, 5.41) is 11.8. The van der Waals surface area contributed by atoms with Gasteiger partial charge in [0, 0.05) is 44.8 Å². The van der Waals surface area contributed by atoms with Crippen LogP contribution in [-0.4, -0.2) is 91.9 Å². The first-order valence-electron chi connectivity index (χ1n) is 12.0. The van der Waals surface area contributed by atoms with E-state index in [1.165, 1.54) is 4.31 Å². The Bertz CT molecular complexity index is 1040. The molecular weight excluding hydrogens is 517 g/mol. The predicted molar refractivity (Wildman–Crippen MR) is 127 cm³/mol. The molecule has 2 aliphatic heterocycles. The van der Waals surface area contributed by atoms with Crippen LogP contribution in [0.3, 0.4) is 0 Å². The molecule has 0 bridgehead atoms. The monoisotopic (exact) mass is 550 g/mol. The van der Waals surface area contributed by atoms with Gasteiger partial charge < -0.3 is 15.0 Å². The minimum atomic E-state index is -4.50. The molecule has 2 saturated heterocycles. The van der Waals surface area contributed by atoms with Crippen molar-refractivity contribution < 1.29 is 41.1 Å². The van der Waals surface area contributed by atoms with Crippen LogP contribution in [-0.2, 0) is 25.7 Å². The summed E-state index contributed by atoms with van der Waals surface area (Å²) in [6.07, 6.45) is -3.80. The highest BCUT2D eigenvalue weighted by Crippen LogP contribution is 2.37. The zero-order chi connectivity index (χ0) is 27.3. The molecule has 3 rings (SSSR count). The molecule has 2 heterocycles. The highest BCUT2D eigenvalue weighted by molar-refractivity contribution is 7.90. The Labute approximate surface area is 214 Å². The fraction of sp³-hybridized carbons (Fsp3) is 0.652. The first-order valence-corrected chi connectivity index (χ1v) is 13.5. The van der Waals surface area contributed by atoms with Crippen LogP contribution in [0.15, 0.2) is 24.3 Å². The standard InChI is InChI=1S/C23H33F3N4O6S/c1-36-15-14-29-12-8-22(9-13-29,16-20(31)28-33)37(34,35)30-10-6-19(7-11-30)27-21(32)17-2-4-18(5-3-17)23(24,25)26/h2-5,19,33H,6-16H2,1H3,(H,27,32)(H,28,31). The van der Waals surface area contributed by atoms with Gasteiger partial charge in [0.05, 0.1) is 16.9 Å². The number of hydrogen-bond donors (Lipinski definition) is 3. The number of hydroxylamine groups is 1. The molecule has 14 heteroatoms. The quantitative estimate of drug-likeness (QED) is 0.315. The van der Waals surface area contributed by atoms with E-state index in [2.05, 4.69) is 10.2 Å². The summed E-state index contributed by atoms with van der Waals surface area (Å²) in [4.78, 5) is 26.6. The van der Waals surface area contributed by atoms with Crippen molar-refractivity contribution in [1.29, 1.82) is 0 Å². The maximum atomic E-state index is 13.7. The van der Waals surface area contributed by atoms with Crippen LogP contribution in [0.5, 0.6) is 0 Å². The van der Waals surface area contributed by atoms with E-state index in [9.17, 15) is 31.2 Å². The van der Waals surface area contributed by atoms with Gasteiger partial charge in [-0.2, -0.15) is 13.2 Å². The first kappa shape index (κ1) is 29.3. The summed E-state index contributed by atoms with van der Waals surface area (Å²) in [5.41, 5.74) is 0.778. The van der Waals surface area contributed by atoms with Gasteiger partial charge in [-0.3, -0.25) is 14.8 Å². The number of alkyl halides is 3. The van der Waals surface area contributed by atoms with Crippen molar-refractivity contribution in [2.75, 3.05) is 46.4 Å². The number of rotatable bonds is 9. The number of sulfonamides is 1. The number of likely N-dealkylation sites (tertiary alicyclic amines) is 1. The van der Waals surface area contributed by atoms with E-state index in [0.29, 0.717) is 39.1 Å². The number of carbonyl (C=O) groups excluding carboxylic acids is 2. The summed E-state index contributed by atoms with van der Waals surface area (Å²) < 4.78 is 70.8. The lowest BCUT2D eigenvalue weighted by Gasteiger charge is -2.44.